The van der Waals surface area contributed by atoms with Crippen LogP contribution in [-0.2, 0) is 58.8 Å². The number of carbonyl (C=O) groups excluding carboxylic acids is 1. The molecule has 4 saturated heterocycles. The number of aromatic nitrogens is 8. The van der Waals surface area contributed by atoms with E-state index < -0.39 is 182 Å². The maximum Gasteiger partial charge on any atom is 0.351 e. The molecule has 106 heavy (non-hydrogen) atoms. The summed E-state index contributed by atoms with van der Waals surface area (Å²) in [5.74, 6) is -6.18. The molecule has 4 aromatic carbocycles. The third kappa shape index (κ3) is 17.6. The number of benzene rings is 4. The van der Waals surface area contributed by atoms with Crippen LogP contribution in [0.3, 0.4) is 0 Å². The minimum atomic E-state index is -4.23. The Labute approximate surface area is 615 Å². The molecule has 28 nitrogen and oxygen atoms in total. The first-order valence-corrected chi connectivity index (χ1v) is 41.2. The van der Waals surface area contributed by atoms with E-state index >= 15 is 0 Å². The van der Waals surface area contributed by atoms with Crippen LogP contribution >= 0.6 is 12.6 Å². The third-order valence-electron chi connectivity index (χ3n) is 20.6. The van der Waals surface area contributed by atoms with Crippen LogP contribution < -0.4 is 44.8 Å². The third-order valence-corrected chi connectivity index (χ3v) is 26.5. The Morgan fingerprint density at radius 2 is 0.830 bits per heavy atom. The minimum Gasteiger partial charge on any atom is -0.361 e. The van der Waals surface area contributed by atoms with E-state index in [1.54, 1.807) is 31.2 Å². The summed E-state index contributed by atoms with van der Waals surface area (Å²) in [4.78, 5) is 115. The average Bonchev–Trinajstić information content (AvgIpc) is 1.11. The number of aromatic amines is 3. The van der Waals surface area contributed by atoms with Crippen molar-refractivity contribution in [2.45, 2.75) is 134 Å². The number of hydrogen-bond acceptors (Lipinski definition) is 21. The largest absolute Gasteiger partial charge is 0.361 e. The summed E-state index contributed by atoms with van der Waals surface area (Å²) >= 11 is 4.53. The molecule has 1 amide bonds. The normalized spacial score (nSPS) is 23.5. The van der Waals surface area contributed by atoms with Crippen molar-refractivity contribution in [1.29, 1.82) is 0 Å². The van der Waals surface area contributed by atoms with Gasteiger partial charge >= 0.3 is 22.8 Å². The Hall–Kier alpha value is -8.73. The fraction of sp³-hybridized carbons (Fsp3) is 0.446. The molecule has 32 heteroatoms. The number of rotatable bonds is 29. The lowest BCUT2D eigenvalue weighted by molar-refractivity contribution is -0.0439. The first kappa shape index (κ1) is 76.9. The lowest BCUT2D eigenvalue weighted by atomic mass is 9.80. The summed E-state index contributed by atoms with van der Waals surface area (Å²) in [6, 6.07) is 37.4. The van der Waals surface area contributed by atoms with Gasteiger partial charge in [-0.05, 0) is 125 Å². The second-order valence-electron chi connectivity index (χ2n) is 28.0. The molecular weight excluding hydrogens is 1450 g/mol. The lowest BCUT2D eigenvalue weighted by Crippen LogP contribution is -2.35. The predicted octanol–water partition coefficient (Wildman–Crippen LogP) is 5.74. The molecule has 0 aliphatic carbocycles. The Morgan fingerprint density at radius 1 is 0.481 bits per heavy atom. The zero-order valence-electron chi connectivity index (χ0n) is 58.8. The molecule has 0 saturated carbocycles. The molecule has 4 aliphatic heterocycles. The van der Waals surface area contributed by atoms with Crippen LogP contribution in [0.2, 0.25) is 0 Å². The number of hydrogen-bond donors (Lipinski definition) is 5. The smallest absolute Gasteiger partial charge is 0.351 e. The van der Waals surface area contributed by atoms with Crippen LogP contribution in [0, 0.1) is 51.4 Å². The van der Waals surface area contributed by atoms with E-state index in [0.717, 1.165) is 31.4 Å². The van der Waals surface area contributed by atoms with Crippen LogP contribution in [0.5, 0.6) is 0 Å². The topological polar surface area (TPSA) is 377 Å². The highest BCUT2D eigenvalue weighted by atomic mass is 32.2. The zero-order valence-corrected chi connectivity index (χ0v) is 62.1. The summed E-state index contributed by atoms with van der Waals surface area (Å²) in [5.41, 5.74) is -2.07. The van der Waals surface area contributed by atoms with Crippen molar-refractivity contribution in [2.24, 2.45) is 23.7 Å². The monoisotopic (exact) mass is 1530 g/mol. The number of nitrogens with zero attached hydrogens (tertiary/aromatic N) is 5. The van der Waals surface area contributed by atoms with Crippen molar-refractivity contribution in [3.05, 3.63) is 264 Å². The van der Waals surface area contributed by atoms with Gasteiger partial charge in [-0.15, -0.1) is 0 Å². The number of carbonyl (C=O) groups is 1. The molecule has 0 bridgehead atoms. The second kappa shape index (κ2) is 32.4. The Kier molecular flexibility index (Phi) is 23.5. The van der Waals surface area contributed by atoms with Gasteiger partial charge in [-0.3, -0.25) is 52.4 Å². The van der Waals surface area contributed by atoms with Crippen LogP contribution in [0.4, 0.5) is 5.82 Å². The zero-order chi connectivity index (χ0) is 75.4. The van der Waals surface area contributed by atoms with Crippen molar-refractivity contribution >= 4 is 53.9 Å². The minimum absolute atomic E-state index is 0.0177. The van der Waals surface area contributed by atoms with Gasteiger partial charge in [-0.2, -0.15) is 17.6 Å². The van der Waals surface area contributed by atoms with Crippen LogP contribution in [0.1, 0.15) is 126 Å². The molecule has 0 unspecified atom stereocenters. The number of ether oxygens (including phenoxy) is 5. The predicted molar refractivity (Wildman–Crippen MR) is 397 cm³/mol. The van der Waals surface area contributed by atoms with Gasteiger partial charge in [0.2, 0.25) is 0 Å². The fourth-order valence-corrected chi connectivity index (χ4v) is 20.8. The summed E-state index contributed by atoms with van der Waals surface area (Å²) in [6.45, 7) is 6.28. The first-order chi connectivity index (χ1) is 50.6. The molecule has 8 heterocycles. The number of amides is 1. The van der Waals surface area contributed by atoms with E-state index in [2.05, 4.69) is 37.9 Å². The van der Waals surface area contributed by atoms with Gasteiger partial charge in [0.1, 0.15) is 36.3 Å². The molecule has 12 rings (SSSR count). The molecular formula is C74H85N9O19S4. The molecule has 4 N–H and O–H groups in total. The van der Waals surface area contributed by atoms with Gasteiger partial charge in [0.15, 0.2) is 29.5 Å². The quantitative estimate of drug-likeness (QED) is 0.0276. The van der Waals surface area contributed by atoms with Crippen molar-refractivity contribution in [3.8, 4) is 0 Å². The Bertz CT molecular complexity index is 5220. The number of aryl methyl sites for hydroxylation is 4. The van der Waals surface area contributed by atoms with E-state index in [1.165, 1.54) is 60.8 Å². The van der Waals surface area contributed by atoms with E-state index in [9.17, 15) is 63.6 Å². The summed E-state index contributed by atoms with van der Waals surface area (Å²) in [5, 5.41) is 2.65. The molecule has 4 aliphatic rings. The Balaban J connectivity index is 0.745. The molecule has 8 aromatic rings. The maximum atomic E-state index is 14.8. The van der Waals surface area contributed by atoms with Crippen molar-refractivity contribution in [2.75, 3.05) is 52.2 Å². The molecule has 0 radical (unpaired) electrons. The molecule has 4 fully saturated rings. The lowest BCUT2D eigenvalue weighted by Gasteiger charge is -2.36. The maximum absolute atomic E-state index is 14.8. The fourth-order valence-electron chi connectivity index (χ4n) is 15.1. The molecule has 4 aromatic heterocycles. The van der Waals surface area contributed by atoms with Crippen molar-refractivity contribution in [3.63, 3.8) is 0 Å². The van der Waals surface area contributed by atoms with Crippen LogP contribution in [-0.4, -0.2) is 141 Å². The van der Waals surface area contributed by atoms with Gasteiger partial charge < -0.3 is 29.0 Å². The number of nitrogens with one attached hydrogen (secondary N) is 4. The number of H-pyrrole nitrogens is 3. The molecule has 12 atom stereocenters. The van der Waals surface area contributed by atoms with Crippen molar-refractivity contribution < 1.29 is 53.7 Å². The first-order valence-electron chi connectivity index (χ1n) is 35.1. The van der Waals surface area contributed by atoms with E-state index in [0.29, 0.717) is 5.56 Å². The van der Waals surface area contributed by atoms with Gasteiger partial charge in [0, 0.05) is 64.8 Å². The van der Waals surface area contributed by atoms with E-state index in [4.69, 9.17) is 23.7 Å². The van der Waals surface area contributed by atoms with E-state index in [1.807, 2.05) is 91.0 Å². The summed E-state index contributed by atoms with van der Waals surface area (Å²) in [7, 11) is -12.4. The number of sulfone groups is 3. The average molecular weight is 1530 g/mol. The standard InChI is InChI=1S/C74H85N9O19S4/c1-45-16-14-15-23-56(45)69(87)75-61-24-29-80(70(88)76-61)62-34-49(41-103)58(100-62)26-31-104(92,93)43-51-36-64(82-39-47(3)67(85)78-72(82)90)102-60(51)28-33-106(96,97)44-52-37-65(83-40-48(4)68(86)79-73(83)91)101-59(52)27-32-105(94,95)42-50-35-63(81-38-46(2)66(84)77-71(81)89)99-57(50)25-30-98-74(53-17-8-5-9-18-53,54-19-10-6-11-20-54)55-21-12-7-13-22-55/h5-24,29,38-40,49-52,57-60,62-65,103H,25-28,30-37,41-44H2,1-4H3,(H,77,84,89)(H,78,85,90)(H,79,86,91)(H,75,76,87,88)/t49-,50-,51-,52-,57-,58-,59-,60-,62-,63-,64-,65-/m1/s1. The SMILES string of the molecule is Cc1ccccc1C(=O)Nc1ccn([C@H]2C[C@H](CS)[C@@H](CCS(=O)(=O)C[C@H]3C[C@H](n4cc(C)c(=O)[nH]c4=O)O[C@@H]3CCS(=O)(=O)C[C@H]3C[C@H](n4cc(C)c(=O)[nH]c4=O)O[C@@H]3CCS(=O)(=O)C[C@H]3C[C@H](n4cc(C)c(=O)[nH]c4=O)O[C@@H]3CCOC(c3ccccc3)(c3ccccc3)c3ccccc3)O2)c(=O)n1. The molecule has 564 valence electrons. The number of thiol groups is 1. The van der Waals surface area contributed by atoms with Gasteiger partial charge in [0.25, 0.3) is 22.6 Å². The molecule has 0 spiro atoms. The van der Waals surface area contributed by atoms with Gasteiger partial charge in [-0.25, -0.2) is 44.4 Å². The highest BCUT2D eigenvalue weighted by molar-refractivity contribution is 7.92. The Morgan fingerprint density at radius 3 is 1.21 bits per heavy atom. The number of anilines is 1. The van der Waals surface area contributed by atoms with E-state index in [-0.39, 0.29) is 92.2 Å². The van der Waals surface area contributed by atoms with Gasteiger partial charge in [-0.1, -0.05) is 109 Å². The van der Waals surface area contributed by atoms with Crippen LogP contribution in [0.25, 0.3) is 0 Å². The van der Waals surface area contributed by atoms with Crippen LogP contribution in [0.15, 0.2) is 180 Å². The highest BCUT2D eigenvalue weighted by Crippen LogP contribution is 2.44. The summed E-state index contributed by atoms with van der Waals surface area (Å²) < 4.78 is 126. The van der Waals surface area contributed by atoms with Gasteiger partial charge in [0.05, 0.1) is 65.5 Å². The van der Waals surface area contributed by atoms with Crippen molar-refractivity contribution in [1.82, 2.24) is 38.2 Å². The highest BCUT2D eigenvalue weighted by Gasteiger charge is 2.46. The second-order valence-corrected chi connectivity index (χ2v) is 35.1. The summed E-state index contributed by atoms with van der Waals surface area (Å²) in [6.07, 6.45) is -2.78.